The minimum Gasteiger partial charge on any atom is -0.317 e. The lowest BCUT2D eigenvalue weighted by molar-refractivity contribution is 0.199. The number of thioether (sulfide) groups is 1. The van der Waals surface area contributed by atoms with Gasteiger partial charge in [-0.25, -0.2) is 0 Å². The number of rotatable bonds is 10. The average Bonchev–Trinajstić information content (AvgIpc) is 2.27. The first-order valence-corrected chi connectivity index (χ1v) is 7.94. The lowest BCUT2D eigenvalue weighted by atomic mass is 10.1. The van der Waals surface area contributed by atoms with Crippen LogP contribution in [-0.2, 0) is 0 Å². The topological polar surface area (TPSA) is 15.3 Å². The Labute approximate surface area is 107 Å². The highest BCUT2D eigenvalue weighted by atomic mass is 32.2. The Morgan fingerprint density at radius 1 is 1.19 bits per heavy atom. The molecule has 0 radical (unpaired) electrons. The van der Waals surface area contributed by atoms with Crippen LogP contribution in [0.5, 0.6) is 0 Å². The maximum atomic E-state index is 3.46. The number of hydrogen-bond acceptors (Lipinski definition) is 3. The Hall–Kier alpha value is 0.270. The van der Waals surface area contributed by atoms with Crippen LogP contribution in [0.1, 0.15) is 40.0 Å². The quantitative estimate of drug-likeness (QED) is 0.597. The second kappa shape index (κ2) is 10.4. The third-order valence-electron chi connectivity index (χ3n) is 3.20. The molecule has 0 aromatic heterocycles. The minimum absolute atomic E-state index is 0.689. The lowest BCUT2D eigenvalue weighted by Gasteiger charge is -2.30. The molecule has 0 rings (SSSR count). The normalized spacial score (nSPS) is 15.4. The van der Waals surface area contributed by atoms with Gasteiger partial charge < -0.3 is 10.2 Å². The van der Waals surface area contributed by atoms with Crippen molar-refractivity contribution < 1.29 is 0 Å². The second-order valence-electron chi connectivity index (χ2n) is 4.71. The molecule has 0 saturated carbocycles. The Balaban J connectivity index is 3.58. The van der Waals surface area contributed by atoms with Crippen LogP contribution in [0.2, 0.25) is 0 Å². The summed E-state index contributed by atoms with van der Waals surface area (Å²) in [6.45, 7) is 9.21. The summed E-state index contributed by atoms with van der Waals surface area (Å²) in [7, 11) is 2.25. The maximum absolute atomic E-state index is 3.46. The summed E-state index contributed by atoms with van der Waals surface area (Å²) in [5.74, 6) is 1.23. The van der Waals surface area contributed by atoms with Gasteiger partial charge in [0.05, 0.1) is 0 Å². The van der Waals surface area contributed by atoms with Gasteiger partial charge in [-0.2, -0.15) is 11.8 Å². The molecule has 0 heterocycles. The molecule has 98 valence electrons. The monoisotopic (exact) mass is 246 g/mol. The van der Waals surface area contributed by atoms with E-state index < -0.39 is 0 Å². The molecule has 2 atom stereocenters. The first-order valence-electron chi connectivity index (χ1n) is 6.55. The van der Waals surface area contributed by atoms with Gasteiger partial charge in [0.15, 0.2) is 0 Å². The van der Waals surface area contributed by atoms with E-state index in [9.17, 15) is 0 Å². The highest BCUT2D eigenvalue weighted by Crippen LogP contribution is 2.11. The molecule has 1 N–H and O–H groups in total. The molecule has 3 heteroatoms. The van der Waals surface area contributed by atoms with Gasteiger partial charge in [0.1, 0.15) is 0 Å². The number of hydrogen-bond donors (Lipinski definition) is 1. The summed E-state index contributed by atoms with van der Waals surface area (Å²) in [6.07, 6.45) is 6.01. The maximum Gasteiger partial charge on any atom is 0.0157 e. The Morgan fingerprint density at radius 3 is 2.44 bits per heavy atom. The third kappa shape index (κ3) is 7.53. The van der Waals surface area contributed by atoms with Gasteiger partial charge in [-0.1, -0.05) is 6.92 Å². The van der Waals surface area contributed by atoms with Crippen molar-refractivity contribution in [3.63, 3.8) is 0 Å². The van der Waals surface area contributed by atoms with Gasteiger partial charge >= 0.3 is 0 Å². The molecule has 0 amide bonds. The first kappa shape index (κ1) is 16.3. The molecule has 0 aromatic rings. The van der Waals surface area contributed by atoms with E-state index in [1.165, 1.54) is 31.6 Å². The molecule has 0 aliphatic carbocycles. The van der Waals surface area contributed by atoms with Crippen LogP contribution in [0.25, 0.3) is 0 Å². The van der Waals surface area contributed by atoms with Crippen LogP contribution in [0, 0.1) is 0 Å². The van der Waals surface area contributed by atoms with E-state index in [0.717, 1.165) is 6.54 Å². The van der Waals surface area contributed by atoms with E-state index in [-0.39, 0.29) is 0 Å². The third-order valence-corrected chi connectivity index (χ3v) is 4.02. The predicted molar refractivity (Wildman–Crippen MR) is 77.5 cm³/mol. The standard InChI is InChI=1S/C13H30N2S/c1-6-9-14-10-7-8-12(2)15(4)13(3)11-16-5/h12-14H,6-11H2,1-5H3. The zero-order valence-electron chi connectivity index (χ0n) is 11.8. The summed E-state index contributed by atoms with van der Waals surface area (Å²) in [5.41, 5.74) is 0. The van der Waals surface area contributed by atoms with Crippen molar-refractivity contribution in [3.8, 4) is 0 Å². The Morgan fingerprint density at radius 2 is 1.88 bits per heavy atom. The number of nitrogens with one attached hydrogen (secondary N) is 1. The minimum atomic E-state index is 0.689. The van der Waals surface area contributed by atoms with E-state index in [2.05, 4.69) is 44.3 Å². The smallest absolute Gasteiger partial charge is 0.0157 e. The predicted octanol–water partition coefficient (Wildman–Crippen LogP) is 2.84. The lowest BCUT2D eigenvalue weighted by Crippen LogP contribution is -2.38. The number of nitrogens with zero attached hydrogens (tertiary/aromatic N) is 1. The van der Waals surface area contributed by atoms with Crippen LogP contribution in [0.3, 0.4) is 0 Å². The Kier molecular flexibility index (Phi) is 10.6. The highest BCUT2D eigenvalue weighted by Gasteiger charge is 2.14. The zero-order chi connectivity index (χ0) is 12.4. The molecule has 0 bridgehead atoms. The van der Waals surface area contributed by atoms with Crippen molar-refractivity contribution in [3.05, 3.63) is 0 Å². The molecular weight excluding hydrogens is 216 g/mol. The van der Waals surface area contributed by atoms with Gasteiger partial charge in [-0.3, -0.25) is 0 Å². The molecule has 0 aliphatic rings. The summed E-state index contributed by atoms with van der Waals surface area (Å²) < 4.78 is 0. The van der Waals surface area contributed by atoms with Crippen LogP contribution in [0.4, 0.5) is 0 Å². The molecule has 0 spiro atoms. The van der Waals surface area contributed by atoms with Crippen molar-refractivity contribution in [2.75, 3.05) is 32.1 Å². The van der Waals surface area contributed by atoms with Gasteiger partial charge in [0.2, 0.25) is 0 Å². The SMILES string of the molecule is CCCNCCCC(C)N(C)C(C)CSC. The van der Waals surface area contributed by atoms with Crippen LogP contribution >= 0.6 is 11.8 Å². The van der Waals surface area contributed by atoms with E-state index >= 15 is 0 Å². The average molecular weight is 246 g/mol. The molecule has 0 saturated heterocycles. The largest absolute Gasteiger partial charge is 0.317 e. The van der Waals surface area contributed by atoms with Crippen molar-refractivity contribution in [2.24, 2.45) is 0 Å². The molecule has 2 unspecified atom stereocenters. The van der Waals surface area contributed by atoms with E-state index in [1.54, 1.807) is 0 Å². The molecule has 0 aliphatic heterocycles. The second-order valence-corrected chi connectivity index (χ2v) is 5.62. The molecule has 2 nitrogen and oxygen atoms in total. The molecule has 16 heavy (non-hydrogen) atoms. The van der Waals surface area contributed by atoms with Gasteiger partial charge in [-0.15, -0.1) is 0 Å². The van der Waals surface area contributed by atoms with E-state index in [1.807, 2.05) is 11.8 Å². The molecule has 0 aromatic carbocycles. The summed E-state index contributed by atoms with van der Waals surface area (Å²) in [6, 6.07) is 1.39. The van der Waals surface area contributed by atoms with Gasteiger partial charge in [0, 0.05) is 17.8 Å². The van der Waals surface area contributed by atoms with Crippen LogP contribution in [0.15, 0.2) is 0 Å². The summed E-state index contributed by atoms with van der Waals surface area (Å²) in [4.78, 5) is 2.51. The van der Waals surface area contributed by atoms with Crippen molar-refractivity contribution in [1.82, 2.24) is 10.2 Å². The van der Waals surface area contributed by atoms with Gasteiger partial charge in [0.25, 0.3) is 0 Å². The van der Waals surface area contributed by atoms with E-state index in [0.29, 0.717) is 12.1 Å². The fourth-order valence-corrected chi connectivity index (χ4v) is 2.54. The zero-order valence-corrected chi connectivity index (χ0v) is 12.6. The van der Waals surface area contributed by atoms with Crippen molar-refractivity contribution in [2.45, 2.75) is 52.1 Å². The van der Waals surface area contributed by atoms with Crippen molar-refractivity contribution in [1.29, 1.82) is 0 Å². The van der Waals surface area contributed by atoms with Crippen molar-refractivity contribution >= 4 is 11.8 Å². The van der Waals surface area contributed by atoms with Gasteiger partial charge in [-0.05, 0) is 59.5 Å². The fourth-order valence-electron chi connectivity index (χ4n) is 1.82. The van der Waals surface area contributed by atoms with Crippen LogP contribution < -0.4 is 5.32 Å². The highest BCUT2D eigenvalue weighted by molar-refractivity contribution is 7.98. The fraction of sp³-hybridized carbons (Fsp3) is 1.00. The summed E-state index contributed by atoms with van der Waals surface area (Å²) in [5, 5.41) is 3.46. The first-order chi connectivity index (χ1) is 7.63. The Bertz CT molecular complexity index is 153. The summed E-state index contributed by atoms with van der Waals surface area (Å²) >= 11 is 1.94. The van der Waals surface area contributed by atoms with E-state index in [4.69, 9.17) is 0 Å². The van der Waals surface area contributed by atoms with Crippen LogP contribution in [-0.4, -0.2) is 49.1 Å². The molecule has 0 fully saturated rings. The molecular formula is C13H30N2S.